The van der Waals surface area contributed by atoms with E-state index in [1.807, 2.05) is 9.47 Å². The number of aliphatic hydroxyl groups is 1. The lowest BCUT2D eigenvalue weighted by Crippen LogP contribution is -2.36. The van der Waals surface area contributed by atoms with Gasteiger partial charge in [0.1, 0.15) is 11.3 Å². The zero-order valence-corrected chi connectivity index (χ0v) is 16.2. The molecule has 1 aliphatic carbocycles. The monoisotopic (exact) mass is 401 g/mol. The Morgan fingerprint density at radius 1 is 1.28 bits per heavy atom. The number of anilines is 1. The summed E-state index contributed by atoms with van der Waals surface area (Å²) in [6.45, 7) is 2.80. The number of carbonyl (C=O) groups excluding carboxylic acids is 1. The van der Waals surface area contributed by atoms with Crippen molar-refractivity contribution in [3.8, 4) is 0 Å². The summed E-state index contributed by atoms with van der Waals surface area (Å²) < 4.78 is 6.87. The number of fused-ring (bicyclic) bond motifs is 1. The van der Waals surface area contributed by atoms with Gasteiger partial charge in [-0.05, 0) is 38.7 Å². The summed E-state index contributed by atoms with van der Waals surface area (Å²) >= 11 is 0. The number of ether oxygens (including phenoxy) is 1. The van der Waals surface area contributed by atoms with E-state index in [9.17, 15) is 24.8 Å². The number of nitro groups is 1. The van der Waals surface area contributed by atoms with Gasteiger partial charge >= 0.3 is 5.97 Å². The van der Waals surface area contributed by atoms with E-state index in [0.29, 0.717) is 37.1 Å². The fourth-order valence-corrected chi connectivity index (χ4v) is 3.89. The molecule has 2 heterocycles. The third kappa shape index (κ3) is 3.57. The molecule has 4 rings (SSSR count). The van der Waals surface area contributed by atoms with Gasteiger partial charge in [-0.25, -0.2) is 4.79 Å². The lowest BCUT2D eigenvalue weighted by Gasteiger charge is -2.31. The number of piperidine rings is 1. The summed E-state index contributed by atoms with van der Waals surface area (Å²) in [5.41, 5.74) is 0.187. The Morgan fingerprint density at radius 3 is 2.55 bits per heavy atom. The molecule has 1 aromatic carbocycles. The topological polar surface area (TPSA) is 115 Å². The first kappa shape index (κ1) is 19.4. The molecular weight excluding hydrogens is 378 g/mol. The first-order chi connectivity index (χ1) is 13.9. The minimum absolute atomic E-state index is 0.102. The van der Waals surface area contributed by atoms with Crippen LogP contribution in [0.1, 0.15) is 49.0 Å². The molecule has 0 radical (unpaired) electrons. The molecule has 29 heavy (non-hydrogen) atoms. The molecule has 2 aromatic rings. The molecule has 1 aliphatic heterocycles. The van der Waals surface area contributed by atoms with E-state index in [-0.39, 0.29) is 29.3 Å². The number of rotatable bonds is 5. The fraction of sp³-hybridized carbons (Fsp3) is 0.500. The van der Waals surface area contributed by atoms with Crippen molar-refractivity contribution in [3.05, 3.63) is 44.2 Å². The highest BCUT2D eigenvalue weighted by molar-refractivity contribution is 5.96. The molecule has 1 aromatic heterocycles. The molecular formula is C20H23N3O6. The van der Waals surface area contributed by atoms with Gasteiger partial charge in [0.2, 0.25) is 5.43 Å². The predicted octanol–water partition coefficient (Wildman–Crippen LogP) is 2.38. The Bertz CT molecular complexity index is 1030. The van der Waals surface area contributed by atoms with Crippen LogP contribution in [0.3, 0.4) is 0 Å². The molecule has 9 heteroatoms. The van der Waals surface area contributed by atoms with Crippen LogP contribution in [-0.2, 0) is 4.74 Å². The smallest absolute Gasteiger partial charge is 0.343 e. The summed E-state index contributed by atoms with van der Waals surface area (Å²) in [7, 11) is 0. The molecule has 1 N–H and O–H groups in total. The number of carbonyl (C=O) groups is 1. The third-order valence-electron chi connectivity index (χ3n) is 5.57. The molecule has 0 amide bonds. The van der Waals surface area contributed by atoms with E-state index in [0.717, 1.165) is 12.8 Å². The van der Waals surface area contributed by atoms with Crippen LogP contribution < -0.4 is 10.3 Å². The maximum atomic E-state index is 13.0. The Hall–Kier alpha value is -2.94. The van der Waals surface area contributed by atoms with Crippen molar-refractivity contribution in [1.82, 2.24) is 4.57 Å². The average molecular weight is 401 g/mol. The molecule has 0 unspecified atom stereocenters. The molecule has 2 aliphatic rings. The molecule has 0 atom stereocenters. The van der Waals surface area contributed by atoms with Crippen molar-refractivity contribution in [2.45, 2.75) is 44.8 Å². The Morgan fingerprint density at radius 2 is 1.97 bits per heavy atom. The van der Waals surface area contributed by atoms with Crippen molar-refractivity contribution < 1.29 is 19.6 Å². The van der Waals surface area contributed by atoms with Gasteiger partial charge in [-0.1, -0.05) is 0 Å². The van der Waals surface area contributed by atoms with Crippen LogP contribution in [0.15, 0.2) is 23.1 Å². The average Bonchev–Trinajstić information content (AvgIpc) is 3.53. The standard InChI is InChI=1S/C20H23N3O6/c1-2-29-20(26)15-11-22(12-3-4-12)16-10-17(21-7-5-13(24)6-8-21)18(23(27)28)9-14(16)19(15)25/h9-13,24H,2-8H2,1H3. The number of aromatic nitrogens is 1. The van der Waals surface area contributed by atoms with E-state index >= 15 is 0 Å². The van der Waals surface area contributed by atoms with Crippen LogP contribution in [0.25, 0.3) is 10.9 Å². The summed E-state index contributed by atoms with van der Waals surface area (Å²) in [6.07, 6.45) is 4.03. The highest BCUT2D eigenvalue weighted by Gasteiger charge is 2.31. The minimum Gasteiger partial charge on any atom is -0.462 e. The number of nitrogens with zero attached hydrogens (tertiary/aromatic N) is 3. The minimum atomic E-state index is -0.717. The zero-order valence-electron chi connectivity index (χ0n) is 16.2. The Kier molecular flexibility index (Phi) is 4.99. The van der Waals surface area contributed by atoms with Crippen LogP contribution in [-0.4, -0.2) is 46.4 Å². The van der Waals surface area contributed by atoms with Crippen molar-refractivity contribution in [2.75, 3.05) is 24.6 Å². The van der Waals surface area contributed by atoms with Crippen molar-refractivity contribution in [2.24, 2.45) is 0 Å². The maximum Gasteiger partial charge on any atom is 0.343 e. The largest absolute Gasteiger partial charge is 0.462 e. The van der Waals surface area contributed by atoms with Gasteiger partial charge in [0.05, 0.1) is 28.5 Å². The molecule has 9 nitrogen and oxygen atoms in total. The van der Waals surface area contributed by atoms with Gasteiger partial charge in [0.15, 0.2) is 0 Å². The van der Waals surface area contributed by atoms with Gasteiger partial charge in [-0.3, -0.25) is 14.9 Å². The molecule has 1 saturated heterocycles. The fourth-order valence-electron chi connectivity index (χ4n) is 3.89. The first-order valence-electron chi connectivity index (χ1n) is 9.88. The van der Waals surface area contributed by atoms with E-state index in [1.165, 1.54) is 12.3 Å². The number of hydrogen-bond acceptors (Lipinski definition) is 7. The molecule has 0 spiro atoms. The Labute approximate surface area is 166 Å². The van der Waals surface area contributed by atoms with Gasteiger partial charge in [0.25, 0.3) is 5.69 Å². The van der Waals surface area contributed by atoms with Gasteiger partial charge in [-0.2, -0.15) is 0 Å². The van der Waals surface area contributed by atoms with Gasteiger partial charge < -0.3 is 19.3 Å². The number of benzene rings is 1. The quantitative estimate of drug-likeness (QED) is 0.465. The normalized spacial score (nSPS) is 17.5. The first-order valence-corrected chi connectivity index (χ1v) is 9.88. The van der Waals surface area contributed by atoms with Crippen LogP contribution in [0, 0.1) is 10.1 Å². The highest BCUT2D eigenvalue weighted by Crippen LogP contribution is 2.40. The number of hydrogen-bond donors (Lipinski definition) is 1. The predicted molar refractivity (Wildman–Crippen MR) is 107 cm³/mol. The van der Waals surface area contributed by atoms with Crippen LogP contribution in [0.5, 0.6) is 0 Å². The third-order valence-corrected chi connectivity index (χ3v) is 5.57. The second-order valence-electron chi connectivity index (χ2n) is 7.56. The molecule has 154 valence electrons. The summed E-state index contributed by atoms with van der Waals surface area (Å²) in [4.78, 5) is 38.4. The number of esters is 1. The van der Waals surface area contributed by atoms with E-state index in [4.69, 9.17) is 4.74 Å². The SMILES string of the molecule is CCOC(=O)c1cn(C2CC2)c2cc(N3CCC(O)CC3)c([N+](=O)[O-])cc2c1=O. The summed E-state index contributed by atoms with van der Waals surface area (Å²) in [5.74, 6) is -0.717. The molecule has 1 saturated carbocycles. The number of pyridine rings is 1. The van der Waals surface area contributed by atoms with Crippen molar-refractivity contribution in [3.63, 3.8) is 0 Å². The van der Waals surface area contributed by atoms with E-state index in [1.54, 1.807) is 13.0 Å². The van der Waals surface area contributed by atoms with E-state index < -0.39 is 22.4 Å². The van der Waals surface area contributed by atoms with Crippen LogP contribution >= 0.6 is 0 Å². The second-order valence-corrected chi connectivity index (χ2v) is 7.56. The van der Waals surface area contributed by atoms with Crippen LogP contribution in [0.4, 0.5) is 11.4 Å². The van der Waals surface area contributed by atoms with Gasteiger partial charge in [-0.15, -0.1) is 0 Å². The maximum absolute atomic E-state index is 13.0. The molecule has 2 fully saturated rings. The number of aliphatic hydroxyl groups excluding tert-OH is 1. The Balaban J connectivity index is 1.93. The summed E-state index contributed by atoms with van der Waals surface area (Å²) in [5, 5.41) is 21.7. The number of nitro benzene ring substituents is 1. The lowest BCUT2D eigenvalue weighted by molar-refractivity contribution is -0.384. The van der Waals surface area contributed by atoms with Gasteiger partial charge in [0, 0.05) is 31.4 Å². The zero-order chi connectivity index (χ0) is 20.7. The van der Waals surface area contributed by atoms with E-state index in [2.05, 4.69) is 0 Å². The molecule has 0 bridgehead atoms. The van der Waals surface area contributed by atoms with Crippen molar-refractivity contribution >= 4 is 28.2 Å². The summed E-state index contributed by atoms with van der Waals surface area (Å²) in [6, 6.07) is 3.11. The second kappa shape index (κ2) is 7.47. The lowest BCUT2D eigenvalue weighted by atomic mass is 10.0. The van der Waals surface area contributed by atoms with Crippen LogP contribution in [0.2, 0.25) is 0 Å². The highest BCUT2D eigenvalue weighted by atomic mass is 16.6. The van der Waals surface area contributed by atoms with Crippen molar-refractivity contribution in [1.29, 1.82) is 0 Å².